The van der Waals surface area contributed by atoms with Gasteiger partial charge in [0.25, 0.3) is 0 Å². The van der Waals surface area contributed by atoms with Crippen LogP contribution in [-0.2, 0) is 9.53 Å². The first-order valence-electron chi connectivity index (χ1n) is 9.61. The Bertz CT molecular complexity index is 268. The Labute approximate surface area is 142 Å². The molecule has 0 aromatic rings. The number of hydrogen-bond acceptors (Lipinski definition) is 4. The molecule has 23 heavy (non-hydrogen) atoms. The van der Waals surface area contributed by atoms with Gasteiger partial charge >= 0.3 is 5.97 Å². The average molecular weight is 331 g/mol. The van der Waals surface area contributed by atoms with E-state index in [-0.39, 0.29) is 25.1 Å². The molecule has 0 amide bonds. The lowest BCUT2D eigenvalue weighted by atomic mass is 9.95. The number of unbranched alkanes of at least 4 members (excludes halogenated alkanes) is 8. The molecule has 138 valence electrons. The summed E-state index contributed by atoms with van der Waals surface area (Å²) in [5, 5.41) is 18.0. The molecule has 0 heterocycles. The number of aliphatic hydroxyl groups is 2. The molecule has 0 saturated carbocycles. The van der Waals surface area contributed by atoms with Crippen LogP contribution in [0.15, 0.2) is 0 Å². The summed E-state index contributed by atoms with van der Waals surface area (Å²) in [6.07, 6.45) is 13.0. The Hall–Kier alpha value is -0.610. The standard InChI is InChI=1S/C19H38O4/c1-3-5-7-8-9-10-11-12-14-17(13-6-4-2)19(22)23-16-18(21)15-20/h17-18,20-21H,3-16H2,1-2H3. The largest absolute Gasteiger partial charge is 0.463 e. The highest BCUT2D eigenvalue weighted by Crippen LogP contribution is 2.19. The molecule has 4 nitrogen and oxygen atoms in total. The van der Waals surface area contributed by atoms with Crippen molar-refractivity contribution < 1.29 is 19.7 Å². The molecule has 0 spiro atoms. The van der Waals surface area contributed by atoms with Gasteiger partial charge in [0.15, 0.2) is 0 Å². The van der Waals surface area contributed by atoms with Crippen LogP contribution in [0, 0.1) is 5.92 Å². The van der Waals surface area contributed by atoms with Gasteiger partial charge < -0.3 is 14.9 Å². The van der Waals surface area contributed by atoms with Crippen LogP contribution in [0.25, 0.3) is 0 Å². The summed E-state index contributed by atoms with van der Waals surface area (Å²) in [7, 11) is 0. The van der Waals surface area contributed by atoms with E-state index in [1.165, 1.54) is 44.9 Å². The molecule has 0 radical (unpaired) electrons. The predicted molar refractivity (Wildman–Crippen MR) is 94.3 cm³/mol. The lowest BCUT2D eigenvalue weighted by Gasteiger charge is -2.17. The monoisotopic (exact) mass is 330 g/mol. The molecule has 0 aromatic heterocycles. The number of carbonyl (C=O) groups excluding carboxylic acids is 1. The molecule has 0 bridgehead atoms. The van der Waals surface area contributed by atoms with Crippen molar-refractivity contribution in [2.45, 2.75) is 97.0 Å². The van der Waals surface area contributed by atoms with E-state index in [1.807, 2.05) is 0 Å². The molecule has 0 aliphatic carbocycles. The van der Waals surface area contributed by atoms with Gasteiger partial charge in [-0.3, -0.25) is 4.79 Å². The molecule has 0 fully saturated rings. The number of carbonyl (C=O) groups is 1. The van der Waals surface area contributed by atoms with Crippen LogP contribution in [0.5, 0.6) is 0 Å². The quantitative estimate of drug-likeness (QED) is 0.328. The smallest absolute Gasteiger partial charge is 0.309 e. The van der Waals surface area contributed by atoms with Crippen LogP contribution in [-0.4, -0.2) is 35.5 Å². The SMILES string of the molecule is CCCCCCCCCCC(CCCC)C(=O)OCC(O)CO. The first-order valence-corrected chi connectivity index (χ1v) is 9.61. The molecule has 2 N–H and O–H groups in total. The van der Waals surface area contributed by atoms with E-state index in [4.69, 9.17) is 9.84 Å². The maximum Gasteiger partial charge on any atom is 0.309 e. The maximum atomic E-state index is 12.1. The molecule has 0 rings (SSSR count). The van der Waals surface area contributed by atoms with Crippen molar-refractivity contribution in [3.05, 3.63) is 0 Å². The summed E-state index contributed by atoms with van der Waals surface area (Å²) in [5.41, 5.74) is 0. The van der Waals surface area contributed by atoms with Gasteiger partial charge in [0.2, 0.25) is 0 Å². The van der Waals surface area contributed by atoms with E-state index >= 15 is 0 Å². The predicted octanol–water partition coefficient (Wildman–Crippen LogP) is 4.22. The molecule has 4 heteroatoms. The van der Waals surface area contributed by atoms with Crippen LogP contribution < -0.4 is 0 Å². The zero-order valence-corrected chi connectivity index (χ0v) is 15.3. The Balaban J connectivity index is 3.88. The second kappa shape index (κ2) is 16.3. The number of ether oxygens (including phenoxy) is 1. The summed E-state index contributed by atoms with van der Waals surface area (Å²) >= 11 is 0. The van der Waals surface area contributed by atoms with Crippen molar-refractivity contribution in [1.82, 2.24) is 0 Å². The number of rotatable bonds is 16. The molecule has 0 saturated heterocycles. The van der Waals surface area contributed by atoms with Crippen molar-refractivity contribution >= 4 is 5.97 Å². The van der Waals surface area contributed by atoms with Gasteiger partial charge in [-0.1, -0.05) is 78.1 Å². The lowest BCUT2D eigenvalue weighted by molar-refractivity contribution is -0.152. The van der Waals surface area contributed by atoms with E-state index in [0.717, 1.165) is 32.1 Å². The third-order valence-corrected chi connectivity index (χ3v) is 4.27. The Morgan fingerprint density at radius 1 is 0.870 bits per heavy atom. The maximum absolute atomic E-state index is 12.1. The van der Waals surface area contributed by atoms with Gasteiger partial charge in [0.05, 0.1) is 12.5 Å². The van der Waals surface area contributed by atoms with Gasteiger partial charge in [-0.25, -0.2) is 0 Å². The van der Waals surface area contributed by atoms with Gasteiger partial charge in [0.1, 0.15) is 12.7 Å². The van der Waals surface area contributed by atoms with Gasteiger partial charge in [-0.05, 0) is 12.8 Å². The third kappa shape index (κ3) is 13.5. The molecule has 2 atom stereocenters. The first kappa shape index (κ1) is 22.4. The molecular weight excluding hydrogens is 292 g/mol. The lowest BCUT2D eigenvalue weighted by Crippen LogP contribution is -2.25. The van der Waals surface area contributed by atoms with E-state index in [2.05, 4.69) is 13.8 Å². The minimum absolute atomic E-state index is 0.0547. The fourth-order valence-corrected chi connectivity index (χ4v) is 2.70. The summed E-state index contributed by atoms with van der Waals surface area (Å²) in [4.78, 5) is 12.1. The minimum atomic E-state index is -0.964. The zero-order valence-electron chi connectivity index (χ0n) is 15.3. The summed E-state index contributed by atoms with van der Waals surface area (Å²) in [6, 6.07) is 0. The molecule has 0 aromatic carbocycles. The highest BCUT2D eigenvalue weighted by atomic mass is 16.5. The van der Waals surface area contributed by atoms with Crippen molar-refractivity contribution in [3.63, 3.8) is 0 Å². The summed E-state index contributed by atoms with van der Waals surface area (Å²) < 4.78 is 5.13. The average Bonchev–Trinajstić information content (AvgIpc) is 2.57. The van der Waals surface area contributed by atoms with Gasteiger partial charge in [-0.15, -0.1) is 0 Å². The van der Waals surface area contributed by atoms with Crippen LogP contribution in [0.2, 0.25) is 0 Å². The van der Waals surface area contributed by atoms with E-state index in [1.54, 1.807) is 0 Å². The van der Waals surface area contributed by atoms with Crippen LogP contribution >= 0.6 is 0 Å². The van der Waals surface area contributed by atoms with Crippen LogP contribution in [0.3, 0.4) is 0 Å². The number of esters is 1. The van der Waals surface area contributed by atoms with Crippen LogP contribution in [0.4, 0.5) is 0 Å². The molecular formula is C19H38O4. The molecule has 0 aliphatic heterocycles. The normalized spacial score (nSPS) is 13.7. The number of aliphatic hydroxyl groups excluding tert-OH is 2. The zero-order chi connectivity index (χ0) is 17.3. The second-order valence-electron chi connectivity index (χ2n) is 6.57. The third-order valence-electron chi connectivity index (χ3n) is 4.27. The minimum Gasteiger partial charge on any atom is -0.463 e. The fourth-order valence-electron chi connectivity index (χ4n) is 2.70. The highest BCUT2D eigenvalue weighted by Gasteiger charge is 2.20. The van der Waals surface area contributed by atoms with Crippen molar-refractivity contribution in [2.24, 2.45) is 5.92 Å². The fraction of sp³-hybridized carbons (Fsp3) is 0.947. The molecule has 2 unspecified atom stereocenters. The van der Waals surface area contributed by atoms with E-state index in [0.29, 0.717) is 0 Å². The Morgan fingerprint density at radius 3 is 1.96 bits per heavy atom. The van der Waals surface area contributed by atoms with E-state index < -0.39 is 6.10 Å². The molecule has 0 aliphatic rings. The Kier molecular flexibility index (Phi) is 15.8. The van der Waals surface area contributed by atoms with Gasteiger partial charge in [0, 0.05) is 0 Å². The highest BCUT2D eigenvalue weighted by molar-refractivity contribution is 5.72. The van der Waals surface area contributed by atoms with Crippen molar-refractivity contribution in [1.29, 1.82) is 0 Å². The first-order chi connectivity index (χ1) is 11.2. The second-order valence-corrected chi connectivity index (χ2v) is 6.57. The summed E-state index contributed by atoms with van der Waals surface area (Å²) in [6.45, 7) is 3.88. The summed E-state index contributed by atoms with van der Waals surface area (Å²) in [5.74, 6) is -0.269. The van der Waals surface area contributed by atoms with Gasteiger partial charge in [-0.2, -0.15) is 0 Å². The van der Waals surface area contributed by atoms with Crippen molar-refractivity contribution in [2.75, 3.05) is 13.2 Å². The topological polar surface area (TPSA) is 66.8 Å². The van der Waals surface area contributed by atoms with E-state index in [9.17, 15) is 9.90 Å². The van der Waals surface area contributed by atoms with Crippen LogP contribution in [0.1, 0.15) is 90.9 Å². The van der Waals surface area contributed by atoms with Crippen molar-refractivity contribution in [3.8, 4) is 0 Å². The number of hydrogen-bond donors (Lipinski definition) is 2. The Morgan fingerprint density at radius 2 is 1.39 bits per heavy atom.